The summed E-state index contributed by atoms with van der Waals surface area (Å²) >= 11 is 0. The largest absolute Gasteiger partial charge is 0.435 e. The van der Waals surface area contributed by atoms with Crippen LogP contribution in [0.3, 0.4) is 0 Å². The molecule has 7 nitrogen and oxygen atoms in total. The van der Waals surface area contributed by atoms with Crippen LogP contribution in [0.5, 0.6) is 11.6 Å². The lowest BCUT2D eigenvalue weighted by Gasteiger charge is -2.12. The maximum Gasteiger partial charge on any atom is 0.258 e. The zero-order valence-corrected chi connectivity index (χ0v) is 16.5. The average molecular weight is 415 g/mol. The fourth-order valence-electron chi connectivity index (χ4n) is 2.89. The van der Waals surface area contributed by atoms with Crippen molar-refractivity contribution in [1.82, 2.24) is 15.0 Å². The molecule has 0 spiro atoms. The fraction of sp³-hybridized carbons (Fsp3) is 0.0435. The number of hydrogen-bond acceptors (Lipinski definition) is 6. The maximum atomic E-state index is 15.1. The zero-order valence-electron chi connectivity index (χ0n) is 16.5. The van der Waals surface area contributed by atoms with Crippen molar-refractivity contribution >= 4 is 17.5 Å². The third-order valence-corrected chi connectivity index (χ3v) is 4.37. The van der Waals surface area contributed by atoms with Crippen LogP contribution in [0.2, 0.25) is 0 Å². The molecule has 154 valence electrons. The monoisotopic (exact) mass is 415 g/mol. The van der Waals surface area contributed by atoms with Crippen LogP contribution >= 0.6 is 0 Å². The summed E-state index contributed by atoms with van der Waals surface area (Å²) in [4.78, 5) is 25.2. The molecule has 31 heavy (non-hydrogen) atoms. The summed E-state index contributed by atoms with van der Waals surface area (Å²) in [6.45, 7) is 0. The summed E-state index contributed by atoms with van der Waals surface area (Å²) in [7, 11) is 1.71. The molecule has 0 aliphatic rings. The molecule has 0 saturated carbocycles. The van der Waals surface area contributed by atoms with E-state index in [1.807, 2.05) is 6.07 Å². The van der Waals surface area contributed by atoms with Gasteiger partial charge in [0, 0.05) is 25.1 Å². The lowest BCUT2D eigenvalue weighted by atomic mass is 10.1. The first-order valence-corrected chi connectivity index (χ1v) is 9.44. The molecule has 0 saturated heterocycles. The molecule has 0 fully saturated rings. The molecule has 4 rings (SSSR count). The summed E-state index contributed by atoms with van der Waals surface area (Å²) in [5, 5.41) is 5.53. The highest BCUT2D eigenvalue weighted by Crippen LogP contribution is 2.32. The molecule has 0 aliphatic carbocycles. The average Bonchev–Trinajstić information content (AvgIpc) is 2.81. The molecule has 0 bridgehead atoms. The van der Waals surface area contributed by atoms with E-state index < -0.39 is 11.7 Å². The van der Waals surface area contributed by atoms with Crippen molar-refractivity contribution < 1.29 is 13.9 Å². The molecular formula is C23H18FN5O2. The lowest BCUT2D eigenvalue weighted by Crippen LogP contribution is -2.14. The topological polar surface area (TPSA) is 89.0 Å². The van der Waals surface area contributed by atoms with E-state index in [1.165, 1.54) is 18.3 Å². The predicted octanol–water partition coefficient (Wildman–Crippen LogP) is 4.76. The van der Waals surface area contributed by atoms with E-state index in [0.717, 1.165) is 0 Å². The van der Waals surface area contributed by atoms with Gasteiger partial charge in [-0.05, 0) is 42.5 Å². The minimum atomic E-state index is -0.786. The summed E-state index contributed by atoms with van der Waals surface area (Å²) in [5.74, 6) is -0.902. The Morgan fingerprint density at radius 2 is 1.77 bits per heavy atom. The van der Waals surface area contributed by atoms with E-state index in [2.05, 4.69) is 25.6 Å². The summed E-state index contributed by atoms with van der Waals surface area (Å²) in [5.41, 5.74) is 1.54. The van der Waals surface area contributed by atoms with Gasteiger partial charge in [-0.25, -0.2) is 19.3 Å². The van der Waals surface area contributed by atoms with Crippen LogP contribution in [0.4, 0.5) is 16.0 Å². The van der Waals surface area contributed by atoms with Crippen molar-refractivity contribution in [2.45, 2.75) is 0 Å². The second kappa shape index (κ2) is 9.00. The molecule has 0 aliphatic heterocycles. The van der Waals surface area contributed by atoms with E-state index in [9.17, 15) is 4.79 Å². The van der Waals surface area contributed by atoms with Crippen molar-refractivity contribution in [3.8, 4) is 22.9 Å². The van der Waals surface area contributed by atoms with E-state index >= 15 is 4.39 Å². The van der Waals surface area contributed by atoms with Gasteiger partial charge in [0.15, 0.2) is 11.6 Å². The minimum Gasteiger partial charge on any atom is -0.435 e. The van der Waals surface area contributed by atoms with Crippen LogP contribution < -0.4 is 15.4 Å². The van der Waals surface area contributed by atoms with Crippen LogP contribution in [0.15, 0.2) is 79.1 Å². The SMILES string of the molecule is CNc1nccc(-c2cccnc2Oc2cccc(C(=O)Nc3ccccc3)c2F)n1. The normalized spacial score (nSPS) is 10.4. The number of aromatic nitrogens is 3. The number of carbonyl (C=O) groups is 1. The van der Waals surface area contributed by atoms with Gasteiger partial charge in [0.25, 0.3) is 5.91 Å². The third kappa shape index (κ3) is 4.48. The first-order chi connectivity index (χ1) is 15.2. The highest BCUT2D eigenvalue weighted by atomic mass is 19.1. The predicted molar refractivity (Wildman–Crippen MR) is 116 cm³/mol. The molecule has 4 aromatic rings. The number of benzene rings is 2. The second-order valence-electron chi connectivity index (χ2n) is 6.41. The molecule has 1 amide bonds. The van der Waals surface area contributed by atoms with E-state index in [-0.39, 0.29) is 17.2 Å². The second-order valence-corrected chi connectivity index (χ2v) is 6.41. The van der Waals surface area contributed by atoms with Gasteiger partial charge >= 0.3 is 0 Å². The fourth-order valence-corrected chi connectivity index (χ4v) is 2.89. The number of nitrogens with zero attached hydrogens (tertiary/aromatic N) is 3. The lowest BCUT2D eigenvalue weighted by molar-refractivity contribution is 0.102. The van der Waals surface area contributed by atoms with E-state index in [0.29, 0.717) is 22.9 Å². The van der Waals surface area contributed by atoms with Gasteiger partial charge in [-0.15, -0.1) is 0 Å². The number of para-hydroxylation sites is 1. The molecule has 0 radical (unpaired) electrons. The number of hydrogen-bond donors (Lipinski definition) is 2. The molecule has 0 unspecified atom stereocenters. The van der Waals surface area contributed by atoms with Gasteiger partial charge in [-0.1, -0.05) is 24.3 Å². The number of halogens is 1. The Hall–Kier alpha value is -4.33. The number of carbonyl (C=O) groups excluding carboxylic acids is 1. The van der Waals surface area contributed by atoms with Crippen LogP contribution in [0.25, 0.3) is 11.3 Å². The van der Waals surface area contributed by atoms with Gasteiger partial charge in [0.2, 0.25) is 11.8 Å². The van der Waals surface area contributed by atoms with Gasteiger partial charge < -0.3 is 15.4 Å². The third-order valence-electron chi connectivity index (χ3n) is 4.37. The Bertz CT molecular complexity index is 1220. The number of anilines is 2. The number of pyridine rings is 1. The number of amides is 1. The number of rotatable bonds is 6. The Balaban J connectivity index is 1.64. The van der Waals surface area contributed by atoms with Crippen molar-refractivity contribution in [2.75, 3.05) is 17.7 Å². The van der Waals surface area contributed by atoms with Gasteiger partial charge in [0.05, 0.1) is 16.8 Å². The molecule has 0 atom stereocenters. The smallest absolute Gasteiger partial charge is 0.258 e. The van der Waals surface area contributed by atoms with Gasteiger partial charge in [-0.3, -0.25) is 4.79 Å². The highest BCUT2D eigenvalue weighted by molar-refractivity contribution is 6.04. The standard InChI is InChI=1S/C23H18FN5O2/c1-25-23-27-14-12-18(29-23)16-10-6-13-26-22(16)31-19-11-5-9-17(20(19)24)21(30)28-15-7-3-2-4-8-15/h2-14H,1H3,(H,28,30)(H,25,27,29). The van der Waals surface area contributed by atoms with Crippen LogP contribution in [0.1, 0.15) is 10.4 Å². The number of ether oxygens (including phenoxy) is 1. The molecule has 2 aromatic carbocycles. The Morgan fingerprint density at radius 1 is 0.935 bits per heavy atom. The van der Waals surface area contributed by atoms with Crippen LogP contribution in [0, 0.1) is 5.82 Å². The van der Waals surface area contributed by atoms with E-state index in [4.69, 9.17) is 4.74 Å². The maximum absolute atomic E-state index is 15.1. The van der Waals surface area contributed by atoms with Gasteiger partial charge in [-0.2, -0.15) is 0 Å². The summed E-state index contributed by atoms with van der Waals surface area (Å²) in [6.07, 6.45) is 3.13. The van der Waals surface area contributed by atoms with Crippen LogP contribution in [-0.4, -0.2) is 27.9 Å². The van der Waals surface area contributed by atoms with Gasteiger partial charge in [0.1, 0.15) is 0 Å². The Morgan fingerprint density at radius 3 is 2.58 bits per heavy atom. The van der Waals surface area contributed by atoms with Crippen LogP contribution in [-0.2, 0) is 0 Å². The molecule has 8 heteroatoms. The quantitative estimate of drug-likeness (QED) is 0.472. The van der Waals surface area contributed by atoms with Crippen molar-refractivity contribution in [3.05, 3.63) is 90.5 Å². The summed E-state index contributed by atoms with van der Waals surface area (Å²) < 4.78 is 20.9. The Labute approximate surface area is 178 Å². The minimum absolute atomic E-state index is 0.122. The first kappa shape index (κ1) is 20.0. The molecular weight excluding hydrogens is 397 g/mol. The van der Waals surface area contributed by atoms with E-state index in [1.54, 1.807) is 61.8 Å². The zero-order chi connectivity index (χ0) is 21.6. The Kier molecular flexibility index (Phi) is 5.79. The molecule has 2 N–H and O–H groups in total. The number of nitrogens with one attached hydrogen (secondary N) is 2. The first-order valence-electron chi connectivity index (χ1n) is 9.44. The molecule has 2 heterocycles. The molecule has 2 aromatic heterocycles. The summed E-state index contributed by atoms with van der Waals surface area (Å²) in [6, 6.07) is 18.4. The van der Waals surface area contributed by atoms with Crippen molar-refractivity contribution in [2.24, 2.45) is 0 Å². The van der Waals surface area contributed by atoms with Crippen molar-refractivity contribution in [1.29, 1.82) is 0 Å². The van der Waals surface area contributed by atoms with Crippen molar-refractivity contribution in [3.63, 3.8) is 0 Å². The highest BCUT2D eigenvalue weighted by Gasteiger charge is 2.19.